The molecule has 1 aliphatic rings. The summed E-state index contributed by atoms with van der Waals surface area (Å²) < 4.78 is 0. The van der Waals surface area contributed by atoms with Gasteiger partial charge in [-0.25, -0.2) is 4.98 Å². The molecule has 21 heavy (non-hydrogen) atoms. The number of aliphatic hydroxyl groups is 1. The molecule has 1 N–H and O–H groups in total. The molecule has 110 valence electrons. The first-order valence-electron chi connectivity index (χ1n) is 7.94. The van der Waals surface area contributed by atoms with E-state index in [-0.39, 0.29) is 6.10 Å². The summed E-state index contributed by atoms with van der Waals surface area (Å²) in [5.41, 5.74) is 8.40. The van der Waals surface area contributed by atoms with Gasteiger partial charge in [0.25, 0.3) is 0 Å². The summed E-state index contributed by atoms with van der Waals surface area (Å²) >= 11 is 0. The number of aromatic nitrogens is 1. The quantitative estimate of drug-likeness (QED) is 0.916. The fourth-order valence-electron chi connectivity index (χ4n) is 3.40. The maximum Gasteiger partial charge on any atom is 0.0966 e. The summed E-state index contributed by atoms with van der Waals surface area (Å²) in [6.07, 6.45) is 3.37. The highest BCUT2D eigenvalue weighted by Crippen LogP contribution is 2.34. The molecule has 0 bridgehead atoms. The van der Waals surface area contributed by atoms with E-state index in [1.807, 2.05) is 0 Å². The van der Waals surface area contributed by atoms with Gasteiger partial charge in [-0.3, -0.25) is 0 Å². The predicted molar refractivity (Wildman–Crippen MR) is 86.4 cm³/mol. The molecular formula is C19H23NO. The molecule has 0 saturated carbocycles. The average Bonchev–Trinajstić information content (AvgIpc) is 2.87. The number of fused-ring (bicyclic) bond motifs is 1. The lowest BCUT2D eigenvalue weighted by atomic mass is 9.92. The fraction of sp³-hybridized carbons (Fsp3) is 0.421. The van der Waals surface area contributed by atoms with Gasteiger partial charge in [0.05, 0.1) is 17.5 Å². The Bertz CT molecular complexity index is 650. The van der Waals surface area contributed by atoms with E-state index < -0.39 is 0 Å². The lowest BCUT2D eigenvalue weighted by Crippen LogP contribution is -2.01. The van der Waals surface area contributed by atoms with E-state index in [9.17, 15) is 5.11 Å². The van der Waals surface area contributed by atoms with Crippen LogP contribution < -0.4 is 0 Å². The summed E-state index contributed by atoms with van der Waals surface area (Å²) in [7, 11) is 0. The molecule has 0 aliphatic heterocycles. The maximum atomic E-state index is 10.1. The predicted octanol–water partition coefficient (Wildman–Crippen LogP) is 4.16. The van der Waals surface area contributed by atoms with E-state index in [1.54, 1.807) is 0 Å². The van der Waals surface area contributed by atoms with Gasteiger partial charge in [-0.1, -0.05) is 37.6 Å². The number of pyridine rings is 1. The van der Waals surface area contributed by atoms with E-state index >= 15 is 0 Å². The molecule has 3 rings (SSSR count). The van der Waals surface area contributed by atoms with Crippen LogP contribution in [0.2, 0.25) is 0 Å². The van der Waals surface area contributed by atoms with Crippen molar-refractivity contribution in [2.75, 3.05) is 0 Å². The first kappa shape index (κ1) is 14.3. The molecule has 0 spiro atoms. The van der Waals surface area contributed by atoms with E-state index in [2.05, 4.69) is 45.0 Å². The largest absolute Gasteiger partial charge is 0.387 e. The molecule has 1 aromatic heterocycles. The Balaban J connectivity index is 2.18. The van der Waals surface area contributed by atoms with Crippen LogP contribution in [-0.4, -0.2) is 10.1 Å². The minimum atomic E-state index is -0.388. The van der Waals surface area contributed by atoms with Crippen molar-refractivity contribution >= 4 is 0 Å². The van der Waals surface area contributed by atoms with Crippen molar-refractivity contribution in [3.05, 3.63) is 52.2 Å². The van der Waals surface area contributed by atoms with Gasteiger partial charge in [0, 0.05) is 5.56 Å². The summed E-state index contributed by atoms with van der Waals surface area (Å²) in [5.74, 6) is 0. The van der Waals surface area contributed by atoms with E-state index in [0.717, 1.165) is 37.1 Å². The molecule has 1 unspecified atom stereocenters. The van der Waals surface area contributed by atoms with Gasteiger partial charge in [-0.05, 0) is 55.4 Å². The SMILES string of the molecule is CCc1cc(C)cc(CC)c1-c1ccc2c(n1)C(O)CC2. The van der Waals surface area contributed by atoms with Crippen molar-refractivity contribution < 1.29 is 5.11 Å². The van der Waals surface area contributed by atoms with Crippen LogP contribution in [0.5, 0.6) is 0 Å². The molecule has 0 amide bonds. The van der Waals surface area contributed by atoms with Crippen LogP contribution in [0.15, 0.2) is 24.3 Å². The highest BCUT2D eigenvalue weighted by Gasteiger charge is 2.23. The summed E-state index contributed by atoms with van der Waals surface area (Å²) in [6, 6.07) is 8.80. The van der Waals surface area contributed by atoms with Crippen molar-refractivity contribution in [2.24, 2.45) is 0 Å². The van der Waals surface area contributed by atoms with E-state index in [0.29, 0.717) is 0 Å². The Labute approximate surface area is 126 Å². The number of aliphatic hydroxyl groups excluding tert-OH is 1. The Hall–Kier alpha value is -1.67. The molecule has 2 heteroatoms. The second-order valence-corrected chi connectivity index (χ2v) is 5.96. The second kappa shape index (κ2) is 5.61. The first-order chi connectivity index (χ1) is 10.1. The molecule has 1 heterocycles. The van der Waals surface area contributed by atoms with Crippen molar-refractivity contribution in [3.63, 3.8) is 0 Å². The number of aryl methyl sites for hydroxylation is 4. The van der Waals surface area contributed by atoms with Crippen LogP contribution in [0.4, 0.5) is 0 Å². The number of rotatable bonds is 3. The first-order valence-corrected chi connectivity index (χ1v) is 7.94. The summed E-state index contributed by atoms with van der Waals surface area (Å²) in [5, 5.41) is 10.1. The molecular weight excluding hydrogens is 258 g/mol. The minimum absolute atomic E-state index is 0.388. The molecule has 1 aliphatic carbocycles. The number of hydrogen-bond donors (Lipinski definition) is 1. The average molecular weight is 281 g/mol. The lowest BCUT2D eigenvalue weighted by Gasteiger charge is -2.15. The Morgan fingerprint density at radius 2 is 1.81 bits per heavy atom. The van der Waals surface area contributed by atoms with Crippen LogP contribution in [0.1, 0.15) is 54.3 Å². The standard InChI is InChI=1S/C19H23NO/c1-4-13-10-12(3)11-14(5-2)18(13)16-8-6-15-7-9-17(21)19(15)20-16/h6,8,10-11,17,21H,4-5,7,9H2,1-3H3. The Morgan fingerprint density at radius 3 is 2.43 bits per heavy atom. The third-order valence-corrected chi connectivity index (χ3v) is 4.48. The molecule has 2 aromatic rings. The van der Waals surface area contributed by atoms with E-state index in [1.165, 1.54) is 27.8 Å². The van der Waals surface area contributed by atoms with Gasteiger partial charge in [0.15, 0.2) is 0 Å². The van der Waals surface area contributed by atoms with Crippen LogP contribution in [-0.2, 0) is 19.3 Å². The zero-order chi connectivity index (χ0) is 15.0. The third kappa shape index (κ3) is 2.49. The van der Waals surface area contributed by atoms with Gasteiger partial charge in [-0.2, -0.15) is 0 Å². The highest BCUT2D eigenvalue weighted by molar-refractivity contribution is 5.69. The van der Waals surface area contributed by atoms with Gasteiger partial charge in [0.2, 0.25) is 0 Å². The number of benzene rings is 1. The maximum absolute atomic E-state index is 10.1. The Morgan fingerprint density at radius 1 is 1.14 bits per heavy atom. The van der Waals surface area contributed by atoms with Crippen LogP contribution in [0.25, 0.3) is 11.3 Å². The third-order valence-electron chi connectivity index (χ3n) is 4.48. The number of nitrogens with zero attached hydrogens (tertiary/aromatic N) is 1. The van der Waals surface area contributed by atoms with E-state index in [4.69, 9.17) is 4.98 Å². The topological polar surface area (TPSA) is 33.1 Å². The minimum Gasteiger partial charge on any atom is -0.387 e. The molecule has 2 nitrogen and oxygen atoms in total. The molecule has 1 aromatic carbocycles. The Kier molecular flexibility index (Phi) is 3.81. The second-order valence-electron chi connectivity index (χ2n) is 5.96. The zero-order valence-corrected chi connectivity index (χ0v) is 13.1. The van der Waals surface area contributed by atoms with Gasteiger partial charge in [-0.15, -0.1) is 0 Å². The normalized spacial score (nSPS) is 17.0. The number of hydrogen-bond acceptors (Lipinski definition) is 2. The van der Waals surface area contributed by atoms with Crippen molar-refractivity contribution in [3.8, 4) is 11.3 Å². The molecule has 0 fully saturated rings. The smallest absolute Gasteiger partial charge is 0.0966 e. The monoisotopic (exact) mass is 281 g/mol. The summed E-state index contributed by atoms with van der Waals surface area (Å²) in [4.78, 5) is 4.80. The lowest BCUT2D eigenvalue weighted by molar-refractivity contribution is 0.176. The van der Waals surface area contributed by atoms with Crippen LogP contribution in [0, 0.1) is 6.92 Å². The molecule has 0 saturated heterocycles. The van der Waals surface area contributed by atoms with Crippen molar-refractivity contribution in [2.45, 2.75) is 52.6 Å². The molecule has 1 atom stereocenters. The van der Waals surface area contributed by atoms with Gasteiger partial charge < -0.3 is 5.11 Å². The summed E-state index contributed by atoms with van der Waals surface area (Å²) in [6.45, 7) is 6.54. The van der Waals surface area contributed by atoms with Gasteiger partial charge in [0.1, 0.15) is 0 Å². The van der Waals surface area contributed by atoms with Gasteiger partial charge >= 0.3 is 0 Å². The van der Waals surface area contributed by atoms with Crippen molar-refractivity contribution in [1.29, 1.82) is 0 Å². The van der Waals surface area contributed by atoms with Crippen molar-refractivity contribution in [1.82, 2.24) is 4.98 Å². The van der Waals surface area contributed by atoms with Crippen LogP contribution >= 0.6 is 0 Å². The van der Waals surface area contributed by atoms with Crippen LogP contribution in [0.3, 0.4) is 0 Å². The molecule has 0 radical (unpaired) electrons. The zero-order valence-electron chi connectivity index (χ0n) is 13.1. The fourth-order valence-corrected chi connectivity index (χ4v) is 3.40. The highest BCUT2D eigenvalue weighted by atomic mass is 16.3.